The average molecular weight is 616 g/mol. The molecule has 43 heavy (non-hydrogen) atoms. The van der Waals surface area contributed by atoms with Gasteiger partial charge in [0.1, 0.15) is 11.9 Å². The number of hydrogen-bond acceptors (Lipinski definition) is 8. The average Bonchev–Trinajstić information content (AvgIpc) is 3.03. The summed E-state index contributed by atoms with van der Waals surface area (Å²) in [6.45, 7) is 3.34. The quantitative estimate of drug-likeness (QED) is 0.339. The first-order chi connectivity index (χ1) is 20.7. The van der Waals surface area contributed by atoms with Gasteiger partial charge in [0.05, 0.1) is 17.5 Å². The molecule has 1 saturated carbocycles. The Morgan fingerprint density at radius 2 is 1.77 bits per heavy atom. The van der Waals surface area contributed by atoms with E-state index in [1.807, 2.05) is 4.72 Å². The summed E-state index contributed by atoms with van der Waals surface area (Å²) in [4.78, 5) is 23.5. The molecule has 1 amide bonds. The number of pyridine rings is 2. The zero-order valence-corrected chi connectivity index (χ0v) is 24.7. The van der Waals surface area contributed by atoms with E-state index in [2.05, 4.69) is 14.9 Å². The molecule has 1 atom stereocenters. The van der Waals surface area contributed by atoms with Crippen LogP contribution in [0.3, 0.4) is 0 Å². The minimum Gasteiger partial charge on any atom is -0.481 e. The molecule has 1 aliphatic heterocycles. The fraction of sp³-hybridized carbons (Fsp3) is 0.433. The molecule has 1 aromatic carbocycles. The highest BCUT2D eigenvalue weighted by molar-refractivity contribution is 7.87. The van der Waals surface area contributed by atoms with Crippen molar-refractivity contribution in [3.05, 3.63) is 77.8 Å². The van der Waals surface area contributed by atoms with Crippen molar-refractivity contribution in [1.29, 1.82) is 0 Å². The molecule has 1 saturated heterocycles. The van der Waals surface area contributed by atoms with Gasteiger partial charge >= 0.3 is 10.2 Å². The molecule has 0 spiro atoms. The first kappa shape index (κ1) is 30.8. The highest BCUT2D eigenvalue weighted by Crippen LogP contribution is 2.30. The van der Waals surface area contributed by atoms with Gasteiger partial charge in [-0.15, -0.1) is 0 Å². The van der Waals surface area contributed by atoms with Crippen molar-refractivity contribution < 1.29 is 31.5 Å². The minimum atomic E-state index is -4.24. The second-order valence-corrected chi connectivity index (χ2v) is 12.3. The van der Waals surface area contributed by atoms with Crippen molar-refractivity contribution in [3.63, 3.8) is 0 Å². The fourth-order valence-electron chi connectivity index (χ4n) is 5.47. The van der Waals surface area contributed by atoms with Gasteiger partial charge in [0.2, 0.25) is 11.7 Å². The predicted molar refractivity (Wildman–Crippen MR) is 155 cm³/mol. The molecule has 2 aromatic heterocycles. The second kappa shape index (κ2) is 13.7. The molecule has 3 aromatic rings. The molecule has 0 radical (unpaired) electrons. The number of amides is 1. The van der Waals surface area contributed by atoms with E-state index < -0.39 is 45.2 Å². The Labute approximate surface area is 250 Å². The lowest BCUT2D eigenvalue weighted by molar-refractivity contribution is 0.0961. The summed E-state index contributed by atoms with van der Waals surface area (Å²) < 4.78 is 70.3. The van der Waals surface area contributed by atoms with Crippen LogP contribution in [0.4, 0.5) is 8.78 Å². The minimum absolute atomic E-state index is 0.214. The summed E-state index contributed by atoms with van der Waals surface area (Å²) in [7, 11) is -4.24. The number of aromatic nitrogens is 2. The Morgan fingerprint density at radius 3 is 2.42 bits per heavy atom. The van der Waals surface area contributed by atoms with Gasteiger partial charge in [-0.05, 0) is 49.6 Å². The molecular formula is C30H35F2N5O5S. The number of hydrogen-bond donors (Lipinski definition) is 1. The van der Waals surface area contributed by atoms with E-state index in [4.69, 9.17) is 9.47 Å². The third-order valence-corrected chi connectivity index (χ3v) is 9.30. The maximum Gasteiger partial charge on any atom is 0.304 e. The van der Waals surface area contributed by atoms with Gasteiger partial charge in [-0.3, -0.25) is 14.7 Å². The van der Waals surface area contributed by atoms with Gasteiger partial charge in [-0.2, -0.15) is 17.1 Å². The maximum atomic E-state index is 15.1. The molecule has 3 heterocycles. The summed E-state index contributed by atoms with van der Waals surface area (Å²) in [6, 6.07) is 11.1. The molecule has 0 unspecified atom stereocenters. The van der Waals surface area contributed by atoms with Crippen LogP contribution >= 0.6 is 0 Å². The summed E-state index contributed by atoms with van der Waals surface area (Å²) in [6.07, 6.45) is 8.52. The van der Waals surface area contributed by atoms with E-state index in [0.29, 0.717) is 42.9 Å². The normalized spacial score (nSPS) is 17.7. The Balaban J connectivity index is 1.20. The lowest BCUT2D eigenvalue weighted by Crippen LogP contribution is -2.55. The summed E-state index contributed by atoms with van der Waals surface area (Å²) >= 11 is 0. The summed E-state index contributed by atoms with van der Waals surface area (Å²) in [5, 5.41) is 0. The number of ether oxygens (including phenoxy) is 2. The smallest absolute Gasteiger partial charge is 0.304 e. The van der Waals surface area contributed by atoms with Crippen LogP contribution in [-0.4, -0.2) is 65.7 Å². The van der Waals surface area contributed by atoms with Crippen LogP contribution < -0.4 is 14.2 Å². The van der Waals surface area contributed by atoms with Crippen molar-refractivity contribution in [3.8, 4) is 17.4 Å². The Kier molecular flexibility index (Phi) is 9.83. The summed E-state index contributed by atoms with van der Waals surface area (Å²) in [5.74, 6) is -3.76. The van der Waals surface area contributed by atoms with E-state index in [1.54, 1.807) is 43.5 Å². The zero-order valence-electron chi connectivity index (χ0n) is 23.9. The van der Waals surface area contributed by atoms with Crippen LogP contribution in [0.25, 0.3) is 0 Å². The van der Waals surface area contributed by atoms with E-state index in [-0.39, 0.29) is 13.1 Å². The number of carbonyl (C=O) groups is 1. The first-order valence-electron chi connectivity index (χ1n) is 14.5. The third kappa shape index (κ3) is 7.46. The SMILES string of the molecule is CC[C@@H](Oc1ccc(C(=O)NS(=O)(=O)N2CCN(C3CCCCC3)CC2)c(F)c1F)c1ccc(Oc2ccccn2)cn1. The number of piperazine rings is 1. The second-order valence-electron chi connectivity index (χ2n) is 10.6. The van der Waals surface area contributed by atoms with Crippen molar-refractivity contribution >= 4 is 16.1 Å². The van der Waals surface area contributed by atoms with E-state index in [0.717, 1.165) is 25.0 Å². The van der Waals surface area contributed by atoms with Crippen molar-refractivity contribution in [2.45, 2.75) is 57.6 Å². The largest absolute Gasteiger partial charge is 0.481 e. The van der Waals surface area contributed by atoms with Gasteiger partial charge in [0, 0.05) is 44.5 Å². The Hall–Kier alpha value is -3.68. The molecule has 1 N–H and O–H groups in total. The number of nitrogens with one attached hydrogen (secondary N) is 1. The first-order valence-corrected chi connectivity index (χ1v) is 15.9. The number of carbonyl (C=O) groups excluding carboxylic acids is 1. The van der Waals surface area contributed by atoms with Gasteiger partial charge < -0.3 is 9.47 Å². The van der Waals surface area contributed by atoms with Gasteiger partial charge in [-0.1, -0.05) is 32.3 Å². The van der Waals surface area contributed by atoms with Gasteiger partial charge in [0.25, 0.3) is 5.91 Å². The predicted octanol–water partition coefficient (Wildman–Crippen LogP) is 5.00. The monoisotopic (exact) mass is 615 g/mol. The molecule has 10 nitrogen and oxygen atoms in total. The van der Waals surface area contributed by atoms with E-state index in [1.165, 1.54) is 29.8 Å². The van der Waals surface area contributed by atoms with Crippen molar-refractivity contribution in [2.75, 3.05) is 26.2 Å². The molecule has 2 fully saturated rings. The van der Waals surface area contributed by atoms with E-state index >= 15 is 8.78 Å². The van der Waals surface area contributed by atoms with Gasteiger partial charge in [0.15, 0.2) is 11.6 Å². The van der Waals surface area contributed by atoms with Crippen LogP contribution in [0.5, 0.6) is 17.4 Å². The van der Waals surface area contributed by atoms with Crippen molar-refractivity contribution in [2.24, 2.45) is 0 Å². The highest BCUT2D eigenvalue weighted by atomic mass is 32.2. The number of halogens is 2. The zero-order chi connectivity index (χ0) is 30.4. The Bertz CT molecular complexity index is 1500. The van der Waals surface area contributed by atoms with E-state index in [9.17, 15) is 13.2 Å². The Morgan fingerprint density at radius 1 is 1.00 bits per heavy atom. The van der Waals surface area contributed by atoms with Crippen LogP contribution in [0.1, 0.15) is 67.6 Å². The molecule has 230 valence electrons. The highest BCUT2D eigenvalue weighted by Gasteiger charge is 2.32. The molecule has 1 aliphatic carbocycles. The summed E-state index contributed by atoms with van der Waals surface area (Å²) in [5.41, 5.74) is -0.288. The fourth-order valence-corrected chi connectivity index (χ4v) is 6.58. The lowest BCUT2D eigenvalue weighted by atomic mass is 9.94. The molecule has 13 heteroatoms. The lowest BCUT2D eigenvalue weighted by Gasteiger charge is -2.40. The van der Waals surface area contributed by atoms with Crippen molar-refractivity contribution in [1.82, 2.24) is 23.9 Å². The maximum absolute atomic E-state index is 15.1. The van der Waals surface area contributed by atoms with Crippen LogP contribution in [0, 0.1) is 11.6 Å². The van der Waals surface area contributed by atoms with Crippen LogP contribution in [0.15, 0.2) is 54.9 Å². The molecule has 5 rings (SSSR count). The van der Waals surface area contributed by atoms with Crippen LogP contribution in [0.2, 0.25) is 0 Å². The van der Waals surface area contributed by atoms with Crippen LogP contribution in [-0.2, 0) is 10.2 Å². The number of nitrogens with zero attached hydrogens (tertiary/aromatic N) is 4. The number of rotatable bonds is 10. The topological polar surface area (TPSA) is 114 Å². The number of benzene rings is 1. The molecule has 0 bridgehead atoms. The molecular weight excluding hydrogens is 580 g/mol. The molecule has 2 aliphatic rings. The third-order valence-electron chi connectivity index (χ3n) is 7.81. The standard InChI is InChI=1S/C30H35F2N5O5S/c1-2-25(24-13-11-22(20-34-24)41-27-10-6-7-15-33-27)42-26-14-12-23(28(31)29(26)32)30(38)35-43(39,40)37-18-16-36(17-19-37)21-8-4-3-5-9-21/h6-7,10-15,20-21,25H,2-5,8-9,16-19H2,1H3,(H,35,38)/t25-/m1/s1. The van der Waals surface area contributed by atoms with Gasteiger partial charge in [-0.25, -0.2) is 14.1 Å².